The normalized spacial score (nSPS) is 13.1. The lowest BCUT2D eigenvalue weighted by Gasteiger charge is -2.21. The highest BCUT2D eigenvalue weighted by Crippen LogP contribution is 2.22. The van der Waals surface area contributed by atoms with E-state index in [0.29, 0.717) is 19.1 Å². The zero-order valence-corrected chi connectivity index (χ0v) is 12.4. The molecule has 0 aliphatic heterocycles. The van der Waals surface area contributed by atoms with Gasteiger partial charge in [-0.25, -0.2) is 9.50 Å². The Morgan fingerprint density at radius 1 is 1.45 bits per heavy atom. The van der Waals surface area contributed by atoms with Crippen LogP contribution in [-0.4, -0.2) is 53.1 Å². The number of aliphatic hydroxyl groups excluding tert-OH is 1. The minimum Gasteiger partial charge on any atom is -0.389 e. The Bertz CT molecular complexity index is 567. The lowest BCUT2D eigenvalue weighted by atomic mass is 10.1. The summed E-state index contributed by atoms with van der Waals surface area (Å²) >= 11 is 0. The Morgan fingerprint density at radius 3 is 2.85 bits per heavy atom. The van der Waals surface area contributed by atoms with Crippen LogP contribution in [0.25, 0.3) is 5.52 Å². The van der Waals surface area contributed by atoms with Crippen LogP contribution in [0.5, 0.6) is 0 Å². The number of likely N-dealkylation sites (N-methyl/N-ethyl adjacent to an activating group) is 1. The number of fused-ring (bicyclic) bond motifs is 1. The standard InChI is InChI=1S/C14H22N4O2/c1-10(2)12-7-13-14(15-5-6-18(13)16-12)17(3)8-11(19)9-20-4/h5-7,10-11,19H,8-9H2,1-4H3. The first kappa shape index (κ1) is 14.7. The summed E-state index contributed by atoms with van der Waals surface area (Å²) in [5.74, 6) is 1.18. The van der Waals surface area contributed by atoms with Crippen molar-refractivity contribution in [3.63, 3.8) is 0 Å². The number of hydrogen-bond donors (Lipinski definition) is 1. The molecule has 1 atom stereocenters. The SMILES string of the molecule is COCC(O)CN(C)c1nccn2nc(C(C)C)cc12. The lowest BCUT2D eigenvalue weighted by Crippen LogP contribution is -2.32. The number of anilines is 1. The van der Waals surface area contributed by atoms with Crippen molar-refractivity contribution in [1.29, 1.82) is 0 Å². The van der Waals surface area contributed by atoms with Crippen LogP contribution in [0, 0.1) is 0 Å². The van der Waals surface area contributed by atoms with Crippen LogP contribution < -0.4 is 4.90 Å². The van der Waals surface area contributed by atoms with Gasteiger partial charge in [-0.05, 0) is 12.0 Å². The number of methoxy groups -OCH3 is 1. The van der Waals surface area contributed by atoms with Crippen LogP contribution in [0.1, 0.15) is 25.5 Å². The zero-order valence-electron chi connectivity index (χ0n) is 12.4. The Labute approximate surface area is 119 Å². The van der Waals surface area contributed by atoms with Gasteiger partial charge in [0.05, 0.1) is 18.4 Å². The van der Waals surface area contributed by atoms with Gasteiger partial charge in [-0.3, -0.25) is 0 Å². The molecule has 6 heteroatoms. The Kier molecular flexibility index (Phi) is 4.57. The number of hydrogen-bond acceptors (Lipinski definition) is 5. The predicted octanol–water partition coefficient (Wildman–Crippen LogP) is 1.30. The topological polar surface area (TPSA) is 62.9 Å². The van der Waals surface area contributed by atoms with Gasteiger partial charge >= 0.3 is 0 Å². The highest BCUT2D eigenvalue weighted by atomic mass is 16.5. The van der Waals surface area contributed by atoms with Gasteiger partial charge in [0.15, 0.2) is 5.82 Å². The molecule has 0 saturated carbocycles. The van der Waals surface area contributed by atoms with Crippen LogP contribution in [-0.2, 0) is 4.74 Å². The van der Waals surface area contributed by atoms with Gasteiger partial charge in [-0.1, -0.05) is 13.8 Å². The molecule has 0 amide bonds. The van der Waals surface area contributed by atoms with Crippen molar-refractivity contribution in [3.8, 4) is 0 Å². The second-order valence-corrected chi connectivity index (χ2v) is 5.29. The molecule has 2 aromatic rings. The molecule has 6 nitrogen and oxygen atoms in total. The van der Waals surface area contributed by atoms with Crippen LogP contribution in [0.15, 0.2) is 18.5 Å². The third kappa shape index (κ3) is 3.08. The van der Waals surface area contributed by atoms with E-state index < -0.39 is 6.10 Å². The maximum absolute atomic E-state index is 9.83. The smallest absolute Gasteiger partial charge is 0.154 e. The van der Waals surface area contributed by atoms with E-state index in [1.165, 1.54) is 0 Å². The molecular weight excluding hydrogens is 256 g/mol. The number of rotatable bonds is 6. The molecule has 20 heavy (non-hydrogen) atoms. The number of aromatic nitrogens is 3. The van der Waals surface area contributed by atoms with Crippen LogP contribution in [0.4, 0.5) is 5.82 Å². The second-order valence-electron chi connectivity index (χ2n) is 5.29. The third-order valence-corrected chi connectivity index (χ3v) is 3.19. The molecule has 0 aromatic carbocycles. The van der Waals surface area contributed by atoms with Crippen molar-refractivity contribution < 1.29 is 9.84 Å². The minimum absolute atomic E-state index is 0.309. The van der Waals surface area contributed by atoms with Crippen LogP contribution in [0.2, 0.25) is 0 Å². The van der Waals surface area contributed by atoms with E-state index in [1.54, 1.807) is 13.3 Å². The molecular formula is C14H22N4O2. The van der Waals surface area contributed by atoms with Gasteiger partial charge in [0.25, 0.3) is 0 Å². The Balaban J connectivity index is 2.29. The van der Waals surface area contributed by atoms with E-state index >= 15 is 0 Å². The summed E-state index contributed by atoms with van der Waals surface area (Å²) in [7, 11) is 3.48. The van der Waals surface area contributed by atoms with E-state index in [1.807, 2.05) is 28.7 Å². The average molecular weight is 278 g/mol. The number of nitrogens with zero attached hydrogens (tertiary/aromatic N) is 4. The first-order valence-corrected chi connectivity index (χ1v) is 6.75. The van der Waals surface area contributed by atoms with Gasteiger partial charge in [-0.15, -0.1) is 0 Å². The predicted molar refractivity (Wildman–Crippen MR) is 78.2 cm³/mol. The van der Waals surface area contributed by atoms with Crippen molar-refractivity contribution in [1.82, 2.24) is 14.6 Å². The molecule has 0 bridgehead atoms. The van der Waals surface area contributed by atoms with Crippen molar-refractivity contribution in [2.24, 2.45) is 0 Å². The van der Waals surface area contributed by atoms with Crippen molar-refractivity contribution in [3.05, 3.63) is 24.2 Å². The fourth-order valence-corrected chi connectivity index (χ4v) is 2.15. The molecule has 1 unspecified atom stereocenters. The quantitative estimate of drug-likeness (QED) is 0.863. The minimum atomic E-state index is -0.542. The fraction of sp³-hybridized carbons (Fsp3) is 0.571. The van der Waals surface area contributed by atoms with E-state index in [-0.39, 0.29) is 0 Å². The Hall–Kier alpha value is -1.66. The maximum atomic E-state index is 9.83. The van der Waals surface area contributed by atoms with Crippen molar-refractivity contribution in [2.75, 3.05) is 32.2 Å². The molecule has 2 heterocycles. The van der Waals surface area contributed by atoms with Gasteiger partial charge in [0.2, 0.25) is 0 Å². The molecule has 1 N–H and O–H groups in total. The first-order valence-electron chi connectivity index (χ1n) is 6.75. The molecule has 0 spiro atoms. The zero-order chi connectivity index (χ0) is 14.7. The third-order valence-electron chi connectivity index (χ3n) is 3.19. The van der Waals surface area contributed by atoms with E-state index in [9.17, 15) is 5.11 Å². The van der Waals surface area contributed by atoms with Gasteiger partial charge in [-0.2, -0.15) is 5.10 Å². The highest BCUT2D eigenvalue weighted by molar-refractivity contribution is 5.69. The van der Waals surface area contributed by atoms with Gasteiger partial charge in [0.1, 0.15) is 5.52 Å². The summed E-state index contributed by atoms with van der Waals surface area (Å²) in [6.07, 6.45) is 3.02. The number of ether oxygens (including phenoxy) is 1. The first-order chi connectivity index (χ1) is 9.52. The summed E-state index contributed by atoms with van der Waals surface area (Å²) in [5, 5.41) is 14.4. The van der Waals surface area contributed by atoms with Gasteiger partial charge in [0, 0.05) is 33.1 Å². The van der Waals surface area contributed by atoms with Crippen molar-refractivity contribution >= 4 is 11.3 Å². The summed E-state index contributed by atoms with van der Waals surface area (Å²) in [6, 6.07) is 2.05. The van der Waals surface area contributed by atoms with Crippen molar-refractivity contribution in [2.45, 2.75) is 25.9 Å². The average Bonchev–Trinajstić information content (AvgIpc) is 2.82. The van der Waals surface area contributed by atoms with E-state index in [2.05, 4.69) is 23.9 Å². The summed E-state index contributed by atoms with van der Waals surface area (Å²) in [6.45, 7) is 4.99. The molecule has 0 aliphatic carbocycles. The monoisotopic (exact) mass is 278 g/mol. The molecule has 0 radical (unpaired) electrons. The lowest BCUT2D eigenvalue weighted by molar-refractivity contribution is 0.0694. The number of aliphatic hydroxyl groups is 1. The molecule has 110 valence electrons. The summed E-state index contributed by atoms with van der Waals surface area (Å²) < 4.78 is 6.78. The summed E-state index contributed by atoms with van der Waals surface area (Å²) in [5.41, 5.74) is 1.98. The largest absolute Gasteiger partial charge is 0.389 e. The van der Waals surface area contributed by atoms with Crippen LogP contribution in [0.3, 0.4) is 0 Å². The Morgan fingerprint density at radius 2 is 2.20 bits per heavy atom. The fourth-order valence-electron chi connectivity index (χ4n) is 2.15. The highest BCUT2D eigenvalue weighted by Gasteiger charge is 2.15. The molecule has 2 aromatic heterocycles. The molecule has 0 saturated heterocycles. The maximum Gasteiger partial charge on any atom is 0.154 e. The molecule has 0 fully saturated rings. The second kappa shape index (κ2) is 6.19. The van der Waals surface area contributed by atoms with Crippen LogP contribution >= 0.6 is 0 Å². The van der Waals surface area contributed by atoms with E-state index in [4.69, 9.17) is 4.74 Å². The molecule has 0 aliphatic rings. The van der Waals surface area contributed by atoms with Gasteiger partial charge < -0.3 is 14.7 Å². The summed E-state index contributed by atoms with van der Waals surface area (Å²) in [4.78, 5) is 6.33. The van der Waals surface area contributed by atoms with E-state index in [0.717, 1.165) is 17.0 Å². The molecule has 2 rings (SSSR count).